The Labute approximate surface area is 101 Å². The van der Waals surface area contributed by atoms with E-state index < -0.39 is 0 Å². The van der Waals surface area contributed by atoms with Crippen LogP contribution in [0.4, 0.5) is 0 Å². The van der Waals surface area contributed by atoms with Crippen molar-refractivity contribution in [3.8, 4) is 0 Å². The molecule has 1 aromatic rings. The normalized spacial score (nSPS) is 16.7. The maximum Gasteiger partial charge on any atom is 0.268 e. The van der Waals surface area contributed by atoms with Gasteiger partial charge in [0.2, 0.25) is 0 Å². The minimum Gasteiger partial charge on any atom is -0.298 e. The third kappa shape index (κ3) is 1.95. The highest BCUT2D eigenvalue weighted by molar-refractivity contribution is 14.1. The lowest BCUT2D eigenvalue weighted by molar-refractivity contribution is 0.272. The first-order valence-corrected chi connectivity index (χ1v) is 6.04. The molecule has 1 aromatic heterocycles. The highest BCUT2D eigenvalue weighted by atomic mass is 127. The topological polar surface area (TPSA) is 34.9 Å². The van der Waals surface area contributed by atoms with Crippen LogP contribution in [-0.2, 0) is 6.54 Å². The second-order valence-electron chi connectivity index (χ2n) is 3.60. The van der Waals surface area contributed by atoms with Gasteiger partial charge in [0.05, 0.1) is 6.33 Å². The van der Waals surface area contributed by atoms with Crippen LogP contribution in [0.25, 0.3) is 0 Å². The average Bonchev–Trinajstić information content (AvgIpc) is 2.10. The van der Waals surface area contributed by atoms with Gasteiger partial charge in [-0.3, -0.25) is 9.36 Å². The minimum atomic E-state index is -0.0162. The summed E-state index contributed by atoms with van der Waals surface area (Å²) in [5.41, 5.74) is -0.0162. The van der Waals surface area contributed by atoms with Gasteiger partial charge in [-0.05, 0) is 41.4 Å². The highest BCUT2D eigenvalue weighted by Gasteiger charge is 2.19. The predicted octanol–water partition coefficient (Wildman–Crippen LogP) is 2.30. The van der Waals surface area contributed by atoms with E-state index in [1.165, 1.54) is 19.3 Å². The van der Waals surface area contributed by atoms with E-state index in [0.717, 1.165) is 6.54 Å². The van der Waals surface area contributed by atoms with Crippen molar-refractivity contribution >= 4 is 34.2 Å². The average molecular weight is 325 g/mol. The highest BCUT2D eigenvalue weighted by Crippen LogP contribution is 2.27. The number of hydrogen-bond donors (Lipinski definition) is 0. The Morgan fingerprint density at radius 1 is 1.64 bits per heavy atom. The first kappa shape index (κ1) is 10.4. The van der Waals surface area contributed by atoms with Crippen molar-refractivity contribution in [1.82, 2.24) is 9.55 Å². The van der Waals surface area contributed by atoms with Crippen LogP contribution in [0.2, 0.25) is 5.15 Å². The molecule has 0 unspecified atom stereocenters. The van der Waals surface area contributed by atoms with E-state index in [4.69, 9.17) is 11.6 Å². The van der Waals surface area contributed by atoms with Gasteiger partial charge in [-0.2, -0.15) is 0 Å². The Hall–Kier alpha value is -0.100. The summed E-state index contributed by atoms with van der Waals surface area (Å²) in [7, 11) is 0. The van der Waals surface area contributed by atoms with Crippen molar-refractivity contribution in [2.75, 3.05) is 0 Å². The SMILES string of the molecule is O=c1c(I)c(Cl)ncn1CC1CCC1. The molecule has 1 saturated carbocycles. The van der Waals surface area contributed by atoms with E-state index in [9.17, 15) is 4.79 Å². The minimum absolute atomic E-state index is 0.0162. The molecule has 0 bridgehead atoms. The van der Waals surface area contributed by atoms with Gasteiger partial charge in [0.25, 0.3) is 5.56 Å². The molecule has 1 heterocycles. The summed E-state index contributed by atoms with van der Waals surface area (Å²) >= 11 is 7.68. The number of nitrogens with zero attached hydrogens (tertiary/aromatic N) is 2. The van der Waals surface area contributed by atoms with Crippen molar-refractivity contribution in [3.63, 3.8) is 0 Å². The summed E-state index contributed by atoms with van der Waals surface area (Å²) in [6.07, 6.45) is 5.29. The largest absolute Gasteiger partial charge is 0.298 e. The van der Waals surface area contributed by atoms with Gasteiger partial charge in [0, 0.05) is 6.54 Å². The third-order valence-corrected chi connectivity index (χ3v) is 4.20. The summed E-state index contributed by atoms with van der Waals surface area (Å²) in [5, 5.41) is 0.306. The van der Waals surface area contributed by atoms with Gasteiger partial charge in [-0.1, -0.05) is 18.0 Å². The van der Waals surface area contributed by atoms with Crippen LogP contribution in [0.5, 0.6) is 0 Å². The van der Waals surface area contributed by atoms with E-state index in [1.54, 1.807) is 10.9 Å². The van der Waals surface area contributed by atoms with E-state index >= 15 is 0 Å². The van der Waals surface area contributed by atoms with Crippen LogP contribution in [-0.4, -0.2) is 9.55 Å². The van der Waals surface area contributed by atoms with Crippen LogP contribution in [0.3, 0.4) is 0 Å². The predicted molar refractivity (Wildman–Crippen MR) is 63.6 cm³/mol. The molecule has 0 spiro atoms. The molecule has 0 N–H and O–H groups in total. The molecule has 2 rings (SSSR count). The van der Waals surface area contributed by atoms with Gasteiger partial charge < -0.3 is 0 Å². The van der Waals surface area contributed by atoms with Crippen LogP contribution in [0, 0.1) is 9.49 Å². The maximum atomic E-state index is 11.7. The zero-order chi connectivity index (χ0) is 10.1. The van der Waals surface area contributed by atoms with Crippen molar-refractivity contribution in [1.29, 1.82) is 0 Å². The molecule has 14 heavy (non-hydrogen) atoms. The molecule has 0 aliphatic heterocycles. The first-order valence-electron chi connectivity index (χ1n) is 4.59. The lowest BCUT2D eigenvalue weighted by Gasteiger charge is -2.25. The van der Waals surface area contributed by atoms with Crippen molar-refractivity contribution < 1.29 is 0 Å². The molecule has 0 saturated heterocycles. The van der Waals surface area contributed by atoms with Crippen molar-refractivity contribution in [3.05, 3.63) is 25.4 Å². The van der Waals surface area contributed by atoms with Gasteiger partial charge in [0.1, 0.15) is 8.72 Å². The first-order chi connectivity index (χ1) is 6.68. The van der Waals surface area contributed by atoms with Gasteiger partial charge in [0.15, 0.2) is 0 Å². The molecule has 0 atom stereocenters. The molecular formula is C9H10ClIN2O. The van der Waals surface area contributed by atoms with Crippen LogP contribution in [0.15, 0.2) is 11.1 Å². The van der Waals surface area contributed by atoms with Crippen LogP contribution in [0.1, 0.15) is 19.3 Å². The second kappa shape index (κ2) is 4.18. The molecule has 0 amide bonds. The standard InChI is InChI=1S/C9H10ClIN2O/c10-8-7(11)9(14)13(5-12-8)4-6-2-1-3-6/h5-6H,1-4H2. The summed E-state index contributed by atoms with van der Waals surface area (Å²) in [6.45, 7) is 0.791. The third-order valence-electron chi connectivity index (χ3n) is 2.62. The Bertz CT molecular complexity index is 400. The molecule has 76 valence electrons. The van der Waals surface area contributed by atoms with Crippen LogP contribution < -0.4 is 5.56 Å². The quantitative estimate of drug-likeness (QED) is 0.618. The molecule has 1 aliphatic carbocycles. The van der Waals surface area contributed by atoms with Crippen LogP contribution >= 0.6 is 34.2 Å². The Balaban J connectivity index is 2.25. The fourth-order valence-electron chi connectivity index (χ4n) is 1.53. The zero-order valence-electron chi connectivity index (χ0n) is 7.54. The summed E-state index contributed by atoms with van der Waals surface area (Å²) in [6, 6.07) is 0. The Morgan fingerprint density at radius 2 is 2.36 bits per heavy atom. The van der Waals surface area contributed by atoms with E-state index in [0.29, 0.717) is 14.6 Å². The maximum absolute atomic E-state index is 11.7. The van der Waals surface area contributed by atoms with Gasteiger partial charge in [-0.15, -0.1) is 0 Å². The number of rotatable bonds is 2. The van der Waals surface area contributed by atoms with E-state index in [2.05, 4.69) is 4.98 Å². The van der Waals surface area contributed by atoms with E-state index in [1.807, 2.05) is 22.6 Å². The zero-order valence-corrected chi connectivity index (χ0v) is 10.5. The van der Waals surface area contributed by atoms with Crippen molar-refractivity contribution in [2.45, 2.75) is 25.8 Å². The fourth-order valence-corrected chi connectivity index (χ4v) is 2.10. The molecular weight excluding hydrogens is 314 g/mol. The monoisotopic (exact) mass is 324 g/mol. The number of hydrogen-bond acceptors (Lipinski definition) is 2. The fraction of sp³-hybridized carbons (Fsp3) is 0.556. The number of halogens is 2. The lowest BCUT2D eigenvalue weighted by Crippen LogP contribution is -2.28. The van der Waals surface area contributed by atoms with Gasteiger partial charge >= 0.3 is 0 Å². The molecule has 3 nitrogen and oxygen atoms in total. The lowest BCUT2D eigenvalue weighted by atomic mass is 9.85. The molecule has 0 aromatic carbocycles. The van der Waals surface area contributed by atoms with Crippen molar-refractivity contribution in [2.24, 2.45) is 5.92 Å². The van der Waals surface area contributed by atoms with E-state index in [-0.39, 0.29) is 5.56 Å². The summed E-state index contributed by atoms with van der Waals surface area (Å²) < 4.78 is 2.18. The summed E-state index contributed by atoms with van der Waals surface area (Å²) in [4.78, 5) is 15.7. The molecule has 1 aliphatic rings. The summed E-state index contributed by atoms with van der Waals surface area (Å²) in [5.74, 6) is 0.659. The molecule has 0 radical (unpaired) electrons. The van der Waals surface area contributed by atoms with Gasteiger partial charge in [-0.25, -0.2) is 4.98 Å². The number of aromatic nitrogens is 2. The molecule has 5 heteroatoms. The smallest absolute Gasteiger partial charge is 0.268 e. The molecule has 1 fully saturated rings. The Kier molecular flexibility index (Phi) is 3.11. The Morgan fingerprint density at radius 3 is 2.93 bits per heavy atom. The second-order valence-corrected chi connectivity index (χ2v) is 5.04.